The minimum Gasteiger partial charge on any atom is -0.373 e. The molecule has 23 heavy (non-hydrogen) atoms. The highest BCUT2D eigenvalue weighted by Crippen LogP contribution is 2.28. The first-order valence-electron chi connectivity index (χ1n) is 7.08. The molecule has 0 bridgehead atoms. The molecule has 0 spiro atoms. The fourth-order valence-corrected chi connectivity index (χ4v) is 2.16. The van der Waals surface area contributed by atoms with Crippen molar-refractivity contribution in [3.63, 3.8) is 0 Å². The van der Waals surface area contributed by atoms with Crippen LogP contribution in [0.1, 0.15) is 0 Å². The Morgan fingerprint density at radius 1 is 1.04 bits per heavy atom. The topological polar surface area (TPSA) is 84.7 Å². The normalized spacial score (nSPS) is 10.3. The largest absolute Gasteiger partial charge is 0.373 e. The molecule has 0 saturated heterocycles. The van der Waals surface area contributed by atoms with Gasteiger partial charge < -0.3 is 10.6 Å². The van der Waals surface area contributed by atoms with E-state index in [4.69, 9.17) is 0 Å². The zero-order valence-electron chi connectivity index (χ0n) is 12.8. The van der Waals surface area contributed by atoms with Gasteiger partial charge in [-0.25, -0.2) is 14.6 Å². The molecule has 7 heteroatoms. The summed E-state index contributed by atoms with van der Waals surface area (Å²) in [6.07, 6.45) is 1.49. The van der Waals surface area contributed by atoms with Crippen LogP contribution in [0.3, 0.4) is 0 Å². The minimum atomic E-state index is -0.145. The fourth-order valence-electron chi connectivity index (χ4n) is 2.16. The fraction of sp³-hybridized carbons (Fsp3) is 0.125. The third kappa shape index (κ3) is 3.18. The molecule has 7 nitrogen and oxygen atoms in total. The number of aryl methyl sites for hydroxylation is 1. The summed E-state index contributed by atoms with van der Waals surface area (Å²) >= 11 is 0. The summed E-state index contributed by atoms with van der Waals surface area (Å²) in [5.74, 6) is 1.39. The minimum absolute atomic E-state index is 0.145. The molecule has 0 aliphatic rings. The molecule has 1 aromatic carbocycles. The highest BCUT2D eigenvalue weighted by molar-refractivity contribution is 5.78. The van der Waals surface area contributed by atoms with Crippen LogP contribution in [0.2, 0.25) is 0 Å². The summed E-state index contributed by atoms with van der Waals surface area (Å²) in [6.45, 7) is 0. The van der Waals surface area contributed by atoms with Crippen LogP contribution in [-0.4, -0.2) is 26.8 Å². The molecule has 2 aromatic heterocycles. The van der Waals surface area contributed by atoms with E-state index in [1.165, 1.54) is 17.1 Å². The first kappa shape index (κ1) is 14.7. The molecule has 0 amide bonds. The Hall–Kier alpha value is -3.22. The van der Waals surface area contributed by atoms with E-state index in [0.29, 0.717) is 11.5 Å². The first-order valence-corrected chi connectivity index (χ1v) is 7.08. The second-order valence-electron chi connectivity index (χ2n) is 4.89. The zero-order valence-corrected chi connectivity index (χ0v) is 12.8. The number of nitrogens with one attached hydrogen (secondary N) is 2. The summed E-state index contributed by atoms with van der Waals surface area (Å²) in [4.78, 5) is 19.8. The molecule has 0 aliphatic carbocycles. The lowest BCUT2D eigenvalue weighted by molar-refractivity contribution is 0.712. The summed E-state index contributed by atoms with van der Waals surface area (Å²) in [7, 11) is 3.43. The van der Waals surface area contributed by atoms with E-state index < -0.39 is 0 Å². The Kier molecular flexibility index (Phi) is 4.01. The van der Waals surface area contributed by atoms with E-state index in [0.717, 1.165) is 17.1 Å². The van der Waals surface area contributed by atoms with Gasteiger partial charge in [-0.15, -0.1) is 0 Å². The number of rotatable bonds is 4. The Bertz CT molecular complexity index is 889. The van der Waals surface area contributed by atoms with Crippen molar-refractivity contribution in [2.45, 2.75) is 0 Å². The maximum atomic E-state index is 11.5. The van der Waals surface area contributed by atoms with Gasteiger partial charge in [0.2, 0.25) is 0 Å². The summed E-state index contributed by atoms with van der Waals surface area (Å²) in [5, 5.41) is 10.5. The van der Waals surface area contributed by atoms with Gasteiger partial charge in [0.05, 0.1) is 5.69 Å². The molecule has 0 aliphatic heterocycles. The predicted octanol–water partition coefficient (Wildman–Crippen LogP) is 2.02. The van der Waals surface area contributed by atoms with Gasteiger partial charge in [-0.3, -0.25) is 4.79 Å². The van der Waals surface area contributed by atoms with Gasteiger partial charge in [0, 0.05) is 37.5 Å². The number of hydrogen-bond acceptors (Lipinski definition) is 6. The molecule has 3 aromatic rings. The summed E-state index contributed by atoms with van der Waals surface area (Å²) in [6, 6.07) is 12.7. The monoisotopic (exact) mass is 308 g/mol. The van der Waals surface area contributed by atoms with E-state index in [1.54, 1.807) is 20.2 Å². The maximum Gasteiger partial charge on any atom is 0.266 e. The molecule has 0 unspecified atom stereocenters. The Labute approximate surface area is 133 Å². The number of para-hydroxylation sites is 1. The predicted molar refractivity (Wildman–Crippen MR) is 89.8 cm³/mol. The van der Waals surface area contributed by atoms with Crippen LogP contribution < -0.4 is 16.2 Å². The molecular weight excluding hydrogens is 292 g/mol. The van der Waals surface area contributed by atoms with E-state index in [-0.39, 0.29) is 5.56 Å². The lowest BCUT2D eigenvalue weighted by Crippen LogP contribution is -2.18. The molecular formula is C16H16N6O. The number of nitrogens with zero attached hydrogens (tertiary/aromatic N) is 4. The molecule has 2 N–H and O–H groups in total. The number of benzene rings is 1. The van der Waals surface area contributed by atoms with E-state index in [2.05, 4.69) is 25.7 Å². The van der Waals surface area contributed by atoms with Gasteiger partial charge in [0.15, 0.2) is 0 Å². The van der Waals surface area contributed by atoms with Crippen LogP contribution in [0.5, 0.6) is 0 Å². The van der Waals surface area contributed by atoms with Crippen LogP contribution >= 0.6 is 0 Å². The number of hydrogen-bond donors (Lipinski definition) is 2. The molecule has 0 fully saturated rings. The van der Waals surface area contributed by atoms with E-state index >= 15 is 0 Å². The van der Waals surface area contributed by atoms with Crippen molar-refractivity contribution in [1.82, 2.24) is 19.7 Å². The molecule has 0 saturated carbocycles. The number of anilines is 3. The Morgan fingerprint density at radius 2 is 1.83 bits per heavy atom. The van der Waals surface area contributed by atoms with Gasteiger partial charge in [0.25, 0.3) is 5.56 Å². The van der Waals surface area contributed by atoms with Crippen molar-refractivity contribution < 1.29 is 0 Å². The van der Waals surface area contributed by atoms with Gasteiger partial charge >= 0.3 is 0 Å². The van der Waals surface area contributed by atoms with Crippen molar-refractivity contribution in [2.75, 3.05) is 17.7 Å². The van der Waals surface area contributed by atoms with Gasteiger partial charge in [-0.05, 0) is 12.1 Å². The van der Waals surface area contributed by atoms with Crippen LogP contribution in [0.4, 0.5) is 17.3 Å². The van der Waals surface area contributed by atoms with E-state index in [1.807, 2.05) is 30.3 Å². The average molecular weight is 308 g/mol. The maximum absolute atomic E-state index is 11.5. The molecule has 2 heterocycles. The smallest absolute Gasteiger partial charge is 0.266 e. The van der Waals surface area contributed by atoms with Crippen LogP contribution in [0, 0.1) is 0 Å². The lowest BCUT2D eigenvalue weighted by Gasteiger charge is -2.12. The highest BCUT2D eigenvalue weighted by Gasteiger charge is 2.08. The van der Waals surface area contributed by atoms with Gasteiger partial charge in [-0.2, -0.15) is 5.10 Å². The molecule has 3 rings (SSSR count). The third-order valence-electron chi connectivity index (χ3n) is 3.35. The second kappa shape index (κ2) is 6.27. The summed E-state index contributed by atoms with van der Waals surface area (Å²) < 4.78 is 1.32. The standard InChI is InChI=1S/C16H16N6O/c1-17-14-9-15(19-10-18-14)20-12-6-4-3-5-11(12)13-7-8-16(23)22(2)21-13/h3-10H,1-2H3,(H2,17,18,19,20). The van der Waals surface area contributed by atoms with Gasteiger partial charge in [-0.1, -0.05) is 18.2 Å². The lowest BCUT2D eigenvalue weighted by atomic mass is 10.1. The van der Waals surface area contributed by atoms with Crippen LogP contribution in [0.25, 0.3) is 11.3 Å². The Morgan fingerprint density at radius 3 is 2.61 bits per heavy atom. The van der Waals surface area contributed by atoms with E-state index in [9.17, 15) is 4.79 Å². The number of aromatic nitrogens is 4. The summed E-state index contributed by atoms with van der Waals surface area (Å²) in [5.41, 5.74) is 2.29. The first-order chi connectivity index (χ1) is 11.2. The van der Waals surface area contributed by atoms with Crippen molar-refractivity contribution in [3.8, 4) is 11.3 Å². The third-order valence-corrected chi connectivity index (χ3v) is 3.35. The molecule has 116 valence electrons. The Balaban J connectivity index is 2.00. The van der Waals surface area contributed by atoms with Gasteiger partial charge in [0.1, 0.15) is 18.0 Å². The van der Waals surface area contributed by atoms with Crippen LogP contribution in [0.15, 0.2) is 53.6 Å². The molecule has 0 radical (unpaired) electrons. The molecule has 0 atom stereocenters. The SMILES string of the molecule is CNc1cc(Nc2ccccc2-c2ccc(=O)n(C)n2)ncn1. The van der Waals surface area contributed by atoms with Crippen molar-refractivity contribution in [1.29, 1.82) is 0 Å². The van der Waals surface area contributed by atoms with Crippen LogP contribution in [-0.2, 0) is 7.05 Å². The van der Waals surface area contributed by atoms with Crippen molar-refractivity contribution in [3.05, 3.63) is 59.1 Å². The van der Waals surface area contributed by atoms with Crippen molar-refractivity contribution in [2.24, 2.45) is 7.05 Å². The zero-order chi connectivity index (χ0) is 16.2. The average Bonchev–Trinajstić information content (AvgIpc) is 2.58. The quantitative estimate of drug-likeness (QED) is 0.767. The highest BCUT2D eigenvalue weighted by atomic mass is 16.1. The second-order valence-corrected chi connectivity index (χ2v) is 4.89. The van der Waals surface area contributed by atoms with Crippen molar-refractivity contribution >= 4 is 17.3 Å².